The molecule has 28 heavy (non-hydrogen) atoms. The fraction of sp³-hybridized carbons (Fsp3) is 0.409. The van der Waals surface area contributed by atoms with Crippen LogP contribution in [0.5, 0.6) is 0 Å². The summed E-state index contributed by atoms with van der Waals surface area (Å²) in [5.41, 5.74) is 2.02. The average Bonchev–Trinajstić information content (AvgIpc) is 2.73. The van der Waals surface area contributed by atoms with Gasteiger partial charge in [-0.2, -0.15) is 0 Å². The zero-order valence-electron chi connectivity index (χ0n) is 16.6. The van der Waals surface area contributed by atoms with Crippen LogP contribution in [0.2, 0.25) is 0 Å². The second kappa shape index (κ2) is 10.8. The predicted octanol–water partition coefficient (Wildman–Crippen LogP) is 2.31. The van der Waals surface area contributed by atoms with Gasteiger partial charge in [0.25, 0.3) is 0 Å². The molecule has 1 heterocycles. The fourth-order valence-corrected chi connectivity index (χ4v) is 3.39. The van der Waals surface area contributed by atoms with Crippen molar-refractivity contribution in [2.24, 2.45) is 4.99 Å². The van der Waals surface area contributed by atoms with Gasteiger partial charge in [-0.25, -0.2) is 4.39 Å². The molecule has 2 aromatic carbocycles. The molecule has 0 amide bonds. The number of hydrogen-bond donors (Lipinski definition) is 2. The summed E-state index contributed by atoms with van der Waals surface area (Å²) in [6.45, 7) is 7.58. The number of nitrogens with one attached hydrogen (secondary N) is 2. The van der Waals surface area contributed by atoms with Gasteiger partial charge in [0.05, 0.1) is 0 Å². The highest BCUT2D eigenvalue weighted by Crippen LogP contribution is 2.08. The molecule has 0 spiro atoms. The highest BCUT2D eigenvalue weighted by atomic mass is 19.1. The molecule has 2 N–H and O–H groups in total. The lowest BCUT2D eigenvalue weighted by Gasteiger charge is -2.34. The van der Waals surface area contributed by atoms with Gasteiger partial charge in [-0.3, -0.25) is 14.8 Å². The summed E-state index contributed by atoms with van der Waals surface area (Å²) < 4.78 is 13.7. The number of piperazine rings is 1. The summed E-state index contributed by atoms with van der Waals surface area (Å²) >= 11 is 0. The van der Waals surface area contributed by atoms with Crippen molar-refractivity contribution in [1.29, 1.82) is 0 Å². The normalized spacial score (nSPS) is 16.1. The standard InChI is InChI=1S/C22H30FN5/c1-24-22(26-17-20-9-5-6-10-21(20)23)25-11-12-27-13-15-28(16-14-27)18-19-7-3-2-4-8-19/h2-10H,11-18H2,1H3,(H2,24,25,26). The van der Waals surface area contributed by atoms with Crippen molar-refractivity contribution < 1.29 is 4.39 Å². The van der Waals surface area contributed by atoms with Gasteiger partial charge in [0.2, 0.25) is 0 Å². The molecule has 0 bridgehead atoms. The SMILES string of the molecule is CN=C(NCCN1CCN(Cc2ccccc2)CC1)NCc1ccccc1F. The average molecular weight is 384 g/mol. The van der Waals surface area contributed by atoms with Crippen molar-refractivity contribution in [3.8, 4) is 0 Å². The Balaban J connectivity index is 1.33. The second-order valence-corrected chi connectivity index (χ2v) is 7.05. The molecule has 1 aliphatic rings. The molecule has 0 unspecified atom stereocenters. The van der Waals surface area contributed by atoms with Crippen molar-refractivity contribution in [3.63, 3.8) is 0 Å². The summed E-state index contributed by atoms with van der Waals surface area (Å²) in [5.74, 6) is 0.504. The van der Waals surface area contributed by atoms with Crippen LogP contribution >= 0.6 is 0 Å². The van der Waals surface area contributed by atoms with E-state index < -0.39 is 0 Å². The third-order valence-corrected chi connectivity index (χ3v) is 5.06. The molecule has 1 saturated heterocycles. The first kappa shape index (κ1) is 20.3. The molecule has 2 aromatic rings. The number of nitrogens with zero attached hydrogens (tertiary/aromatic N) is 3. The molecule has 150 valence electrons. The Morgan fingerprint density at radius 1 is 0.929 bits per heavy atom. The molecular weight excluding hydrogens is 353 g/mol. The molecule has 3 rings (SSSR count). The van der Waals surface area contributed by atoms with E-state index in [2.05, 4.69) is 55.8 Å². The minimum Gasteiger partial charge on any atom is -0.355 e. The Morgan fingerprint density at radius 3 is 2.32 bits per heavy atom. The van der Waals surface area contributed by atoms with E-state index in [1.165, 1.54) is 11.6 Å². The van der Waals surface area contributed by atoms with Gasteiger partial charge in [0.15, 0.2) is 5.96 Å². The van der Waals surface area contributed by atoms with Crippen molar-refractivity contribution >= 4 is 5.96 Å². The van der Waals surface area contributed by atoms with E-state index in [4.69, 9.17) is 0 Å². The molecule has 0 saturated carbocycles. The van der Waals surface area contributed by atoms with Gasteiger partial charge in [0.1, 0.15) is 5.82 Å². The van der Waals surface area contributed by atoms with E-state index in [1.807, 2.05) is 6.07 Å². The Kier molecular flexibility index (Phi) is 7.82. The Hall–Kier alpha value is -2.44. The predicted molar refractivity (Wildman–Crippen MR) is 113 cm³/mol. The van der Waals surface area contributed by atoms with Crippen molar-refractivity contribution in [1.82, 2.24) is 20.4 Å². The highest BCUT2D eigenvalue weighted by molar-refractivity contribution is 5.79. The molecule has 0 atom stereocenters. The lowest BCUT2D eigenvalue weighted by atomic mass is 10.2. The van der Waals surface area contributed by atoms with E-state index >= 15 is 0 Å². The third kappa shape index (κ3) is 6.32. The number of aliphatic imine (C=N–C) groups is 1. The molecular formula is C22H30FN5. The Labute approximate surface area is 167 Å². The Morgan fingerprint density at radius 2 is 1.61 bits per heavy atom. The molecule has 0 radical (unpaired) electrons. The molecule has 1 aliphatic heterocycles. The number of rotatable bonds is 7. The first-order valence-corrected chi connectivity index (χ1v) is 9.91. The van der Waals surface area contributed by atoms with E-state index in [0.717, 1.165) is 45.8 Å². The zero-order chi connectivity index (χ0) is 19.6. The van der Waals surface area contributed by atoms with E-state index in [0.29, 0.717) is 18.1 Å². The summed E-state index contributed by atoms with van der Waals surface area (Å²) in [4.78, 5) is 9.20. The van der Waals surface area contributed by atoms with Gasteiger partial charge in [-0.1, -0.05) is 48.5 Å². The number of guanidine groups is 1. The van der Waals surface area contributed by atoms with Crippen LogP contribution in [0, 0.1) is 5.82 Å². The fourth-order valence-electron chi connectivity index (χ4n) is 3.39. The van der Waals surface area contributed by atoms with Crippen LogP contribution in [0.3, 0.4) is 0 Å². The van der Waals surface area contributed by atoms with Gasteiger partial charge in [0, 0.05) is 65.0 Å². The molecule has 0 aromatic heterocycles. The topological polar surface area (TPSA) is 42.9 Å². The summed E-state index contributed by atoms with van der Waals surface area (Å²) in [7, 11) is 1.74. The zero-order valence-corrected chi connectivity index (χ0v) is 16.6. The minimum atomic E-state index is -0.196. The molecule has 5 nitrogen and oxygen atoms in total. The van der Waals surface area contributed by atoms with Gasteiger partial charge < -0.3 is 10.6 Å². The minimum absolute atomic E-state index is 0.196. The highest BCUT2D eigenvalue weighted by Gasteiger charge is 2.16. The summed E-state index contributed by atoms with van der Waals surface area (Å²) in [5, 5.41) is 6.49. The van der Waals surface area contributed by atoms with Crippen LogP contribution in [-0.4, -0.2) is 62.1 Å². The van der Waals surface area contributed by atoms with Crippen LogP contribution in [0.4, 0.5) is 4.39 Å². The van der Waals surface area contributed by atoms with Crippen LogP contribution in [0.25, 0.3) is 0 Å². The van der Waals surface area contributed by atoms with E-state index in [9.17, 15) is 4.39 Å². The van der Waals surface area contributed by atoms with Crippen LogP contribution in [0.15, 0.2) is 59.6 Å². The van der Waals surface area contributed by atoms with Gasteiger partial charge >= 0.3 is 0 Å². The van der Waals surface area contributed by atoms with E-state index in [-0.39, 0.29) is 5.82 Å². The number of hydrogen-bond acceptors (Lipinski definition) is 3. The summed E-state index contributed by atoms with van der Waals surface area (Å²) in [6.07, 6.45) is 0. The van der Waals surface area contributed by atoms with Crippen molar-refractivity contribution in [2.75, 3.05) is 46.3 Å². The molecule has 1 fully saturated rings. The smallest absolute Gasteiger partial charge is 0.191 e. The maximum Gasteiger partial charge on any atom is 0.191 e. The van der Waals surface area contributed by atoms with Crippen molar-refractivity contribution in [3.05, 3.63) is 71.5 Å². The molecule has 6 heteroatoms. The first-order valence-electron chi connectivity index (χ1n) is 9.91. The third-order valence-electron chi connectivity index (χ3n) is 5.06. The lowest BCUT2D eigenvalue weighted by Crippen LogP contribution is -2.48. The Bertz CT molecular complexity index is 742. The van der Waals surface area contributed by atoms with Gasteiger partial charge in [-0.15, -0.1) is 0 Å². The lowest BCUT2D eigenvalue weighted by molar-refractivity contribution is 0.129. The quantitative estimate of drug-likeness (QED) is 0.569. The van der Waals surface area contributed by atoms with E-state index in [1.54, 1.807) is 19.2 Å². The summed E-state index contributed by atoms with van der Waals surface area (Å²) in [6, 6.07) is 17.4. The second-order valence-electron chi connectivity index (χ2n) is 7.05. The van der Waals surface area contributed by atoms with Crippen molar-refractivity contribution in [2.45, 2.75) is 13.1 Å². The monoisotopic (exact) mass is 383 g/mol. The van der Waals surface area contributed by atoms with Gasteiger partial charge in [-0.05, 0) is 11.6 Å². The maximum absolute atomic E-state index is 13.7. The van der Waals surface area contributed by atoms with Crippen LogP contribution in [0.1, 0.15) is 11.1 Å². The largest absolute Gasteiger partial charge is 0.355 e. The molecule has 0 aliphatic carbocycles. The maximum atomic E-state index is 13.7. The van der Waals surface area contributed by atoms with Crippen LogP contribution in [-0.2, 0) is 13.1 Å². The number of benzene rings is 2. The first-order chi connectivity index (χ1) is 13.7. The number of halogens is 1. The van der Waals surface area contributed by atoms with Crippen LogP contribution < -0.4 is 10.6 Å².